The number of esters is 1. The first-order valence-corrected chi connectivity index (χ1v) is 14.5. The monoisotopic (exact) mass is 628 g/mol. The zero-order valence-electron chi connectivity index (χ0n) is 24.2. The molecule has 1 amide bonds. The predicted molar refractivity (Wildman–Crippen MR) is 160 cm³/mol. The molecular weight excluding hydrogens is 597 g/mol. The molecule has 1 aliphatic rings. The van der Waals surface area contributed by atoms with Gasteiger partial charge >= 0.3 is 5.97 Å². The van der Waals surface area contributed by atoms with Crippen molar-refractivity contribution in [1.82, 2.24) is 15.6 Å². The highest BCUT2D eigenvalue weighted by atomic mass is 35.5. The zero-order valence-corrected chi connectivity index (χ0v) is 25.7. The first-order valence-electron chi connectivity index (χ1n) is 13.8. The third-order valence-corrected chi connectivity index (χ3v) is 8.04. The van der Waals surface area contributed by atoms with E-state index in [1.807, 2.05) is 20.8 Å². The van der Waals surface area contributed by atoms with Crippen molar-refractivity contribution in [3.05, 3.63) is 98.8 Å². The van der Waals surface area contributed by atoms with Gasteiger partial charge in [0.2, 0.25) is 5.91 Å². The van der Waals surface area contributed by atoms with Crippen LogP contribution in [0, 0.1) is 28.4 Å². The van der Waals surface area contributed by atoms with Gasteiger partial charge in [0.05, 0.1) is 41.5 Å². The first kappa shape index (κ1) is 32.3. The van der Waals surface area contributed by atoms with E-state index in [1.54, 1.807) is 13.0 Å². The van der Waals surface area contributed by atoms with Crippen molar-refractivity contribution in [2.24, 2.45) is 5.41 Å². The molecule has 3 aromatic rings. The minimum absolute atomic E-state index is 0.00273. The smallest absolute Gasteiger partial charge is 0.339 e. The molecule has 7 nitrogen and oxygen atoms in total. The van der Waals surface area contributed by atoms with Crippen molar-refractivity contribution >= 4 is 35.1 Å². The molecule has 226 valence electrons. The van der Waals surface area contributed by atoms with Crippen LogP contribution in [0.15, 0.2) is 54.7 Å². The highest BCUT2D eigenvalue weighted by Gasteiger charge is 2.61. The number of aromatic nitrogens is 1. The summed E-state index contributed by atoms with van der Waals surface area (Å²) in [5, 5.41) is 16.9. The van der Waals surface area contributed by atoms with Gasteiger partial charge in [-0.15, -0.1) is 0 Å². The first-order chi connectivity index (χ1) is 20.3. The Balaban J connectivity index is 1.79. The molecule has 2 aromatic carbocycles. The molecule has 0 saturated carbocycles. The highest BCUT2D eigenvalue weighted by molar-refractivity contribution is 6.31. The molecule has 2 heterocycles. The van der Waals surface area contributed by atoms with Crippen molar-refractivity contribution in [2.45, 2.75) is 64.1 Å². The van der Waals surface area contributed by atoms with Gasteiger partial charge in [-0.25, -0.2) is 13.6 Å². The second-order valence-corrected chi connectivity index (χ2v) is 12.5. The van der Waals surface area contributed by atoms with E-state index in [0.29, 0.717) is 12.1 Å². The number of nitrogens with one attached hydrogen (secondary N) is 2. The average molecular weight is 630 g/mol. The van der Waals surface area contributed by atoms with Gasteiger partial charge < -0.3 is 15.4 Å². The number of pyridine rings is 1. The number of rotatable bonds is 8. The van der Waals surface area contributed by atoms with Crippen LogP contribution in [0.25, 0.3) is 0 Å². The maximum Gasteiger partial charge on any atom is 0.339 e. The quantitative estimate of drug-likeness (QED) is 0.277. The van der Waals surface area contributed by atoms with E-state index in [9.17, 15) is 14.9 Å². The third-order valence-electron chi connectivity index (χ3n) is 7.51. The Hall–Kier alpha value is -3.58. The van der Waals surface area contributed by atoms with Crippen LogP contribution in [-0.2, 0) is 21.5 Å². The third kappa shape index (κ3) is 6.67. The SMILES string of the molecule is CCOC(=O)c1ccc(CNC(=O)[C@@H]2N[C@@H](CC(C)(C)C)[C@](C#N)(c3ccc(Cl)cc3F)[C@H]2c2cccc(Cl)c2F)nc1. The Kier molecular flexibility index (Phi) is 9.75. The molecule has 0 aliphatic carbocycles. The Morgan fingerprint density at radius 3 is 2.51 bits per heavy atom. The summed E-state index contributed by atoms with van der Waals surface area (Å²) in [6.07, 6.45) is 1.70. The zero-order chi connectivity index (χ0) is 31.5. The number of amides is 1. The number of benzene rings is 2. The number of nitrogens with zero attached hydrogens (tertiary/aromatic N) is 2. The standard InChI is InChI=1S/C32H32Cl2F2N4O3/c1-5-43-30(42)18-9-11-20(38-15-18)16-39-29(41)28-26(21-7-6-8-23(34)27(21)36)32(17-37,25(40-28)14-31(2,3)4)22-12-10-19(33)13-24(22)35/h6-13,15,25-26,28,40H,5,14,16H2,1-4H3,(H,39,41)/t25-,26-,28+,32-/m0/s1. The molecule has 1 fully saturated rings. The molecule has 4 rings (SSSR count). The number of carbonyl (C=O) groups is 2. The molecule has 11 heteroatoms. The summed E-state index contributed by atoms with van der Waals surface area (Å²) < 4.78 is 36.5. The molecule has 43 heavy (non-hydrogen) atoms. The lowest BCUT2D eigenvalue weighted by atomic mass is 9.62. The van der Waals surface area contributed by atoms with Gasteiger partial charge in [0.25, 0.3) is 0 Å². The second-order valence-electron chi connectivity index (χ2n) is 11.7. The molecule has 1 aliphatic heterocycles. The molecule has 4 atom stereocenters. The second kappa shape index (κ2) is 13.0. The van der Waals surface area contributed by atoms with Crippen LogP contribution < -0.4 is 10.6 Å². The highest BCUT2D eigenvalue weighted by Crippen LogP contribution is 2.52. The van der Waals surface area contributed by atoms with E-state index in [1.165, 1.54) is 42.6 Å². The lowest BCUT2D eigenvalue weighted by molar-refractivity contribution is -0.123. The van der Waals surface area contributed by atoms with Gasteiger partial charge in [0.1, 0.15) is 17.0 Å². The summed E-state index contributed by atoms with van der Waals surface area (Å²) in [7, 11) is 0. The fraction of sp³-hybridized carbons (Fsp3) is 0.375. The Labute approximate surface area is 259 Å². The van der Waals surface area contributed by atoms with Gasteiger partial charge in [0.15, 0.2) is 0 Å². The predicted octanol–water partition coefficient (Wildman–Crippen LogP) is 6.48. The number of ether oxygens (including phenoxy) is 1. The molecule has 1 aromatic heterocycles. The molecular formula is C32H32Cl2F2N4O3. The lowest BCUT2D eigenvalue weighted by Crippen LogP contribution is -2.45. The molecule has 2 N–H and O–H groups in total. The number of carbonyl (C=O) groups excluding carboxylic acids is 2. The summed E-state index contributed by atoms with van der Waals surface area (Å²) in [6.45, 7) is 7.78. The van der Waals surface area contributed by atoms with Crippen LogP contribution in [0.5, 0.6) is 0 Å². The topological polar surface area (TPSA) is 104 Å². The van der Waals surface area contributed by atoms with Crippen LogP contribution >= 0.6 is 23.2 Å². The lowest BCUT2D eigenvalue weighted by Gasteiger charge is -2.37. The van der Waals surface area contributed by atoms with E-state index in [0.717, 1.165) is 6.07 Å². The van der Waals surface area contributed by atoms with Crippen molar-refractivity contribution in [1.29, 1.82) is 5.26 Å². The van der Waals surface area contributed by atoms with Gasteiger partial charge in [0, 0.05) is 28.7 Å². The Morgan fingerprint density at radius 1 is 1.16 bits per heavy atom. The normalized spacial score (nSPS) is 21.7. The summed E-state index contributed by atoms with van der Waals surface area (Å²) in [4.78, 5) is 30.1. The van der Waals surface area contributed by atoms with E-state index in [2.05, 4.69) is 21.7 Å². The van der Waals surface area contributed by atoms with Crippen LogP contribution in [-0.4, -0.2) is 35.6 Å². The summed E-state index contributed by atoms with van der Waals surface area (Å²) >= 11 is 12.2. The summed E-state index contributed by atoms with van der Waals surface area (Å²) in [6, 6.07) is 11.9. The van der Waals surface area contributed by atoms with Crippen LogP contribution in [0.2, 0.25) is 10.0 Å². The van der Waals surface area contributed by atoms with Crippen molar-refractivity contribution < 1.29 is 23.1 Å². The Morgan fingerprint density at radius 2 is 1.91 bits per heavy atom. The molecule has 0 radical (unpaired) electrons. The number of halogens is 4. The maximum atomic E-state index is 15.8. The van der Waals surface area contributed by atoms with Crippen LogP contribution in [0.3, 0.4) is 0 Å². The van der Waals surface area contributed by atoms with E-state index in [-0.39, 0.29) is 45.3 Å². The fourth-order valence-electron chi connectivity index (χ4n) is 5.71. The average Bonchev–Trinajstić information content (AvgIpc) is 3.26. The summed E-state index contributed by atoms with van der Waals surface area (Å²) in [5.41, 5.74) is -1.38. The van der Waals surface area contributed by atoms with E-state index >= 15 is 8.78 Å². The van der Waals surface area contributed by atoms with Crippen molar-refractivity contribution in [2.75, 3.05) is 6.61 Å². The summed E-state index contributed by atoms with van der Waals surface area (Å²) in [5.74, 6) is -3.78. The molecule has 1 saturated heterocycles. The van der Waals surface area contributed by atoms with Crippen LogP contribution in [0.4, 0.5) is 8.78 Å². The minimum Gasteiger partial charge on any atom is -0.462 e. The van der Waals surface area contributed by atoms with E-state index in [4.69, 9.17) is 27.9 Å². The number of hydrogen-bond acceptors (Lipinski definition) is 6. The van der Waals surface area contributed by atoms with Crippen LogP contribution in [0.1, 0.15) is 67.2 Å². The minimum atomic E-state index is -1.73. The maximum absolute atomic E-state index is 15.8. The molecule has 0 bridgehead atoms. The van der Waals surface area contributed by atoms with Gasteiger partial charge in [-0.3, -0.25) is 9.78 Å². The largest absolute Gasteiger partial charge is 0.462 e. The Bertz CT molecular complexity index is 1560. The van der Waals surface area contributed by atoms with Crippen molar-refractivity contribution in [3.63, 3.8) is 0 Å². The van der Waals surface area contributed by atoms with E-state index < -0.39 is 46.9 Å². The van der Waals surface area contributed by atoms with Crippen molar-refractivity contribution in [3.8, 4) is 6.07 Å². The molecule has 0 unspecified atom stereocenters. The van der Waals surface area contributed by atoms with Gasteiger partial charge in [-0.2, -0.15) is 5.26 Å². The van der Waals surface area contributed by atoms with Gasteiger partial charge in [-0.1, -0.05) is 62.2 Å². The van der Waals surface area contributed by atoms with Gasteiger partial charge in [-0.05, 0) is 54.7 Å². The number of nitriles is 1. The fourth-order valence-corrected chi connectivity index (χ4v) is 6.05. The number of hydrogen-bond donors (Lipinski definition) is 2. The molecule has 0 spiro atoms.